The molecular formula is C14H20. The standard InChI is InChI=1S/C12H14.C2H6/c1-3-4-5-9-12-10-7-6-8-11(12)2;1-2/h6-8,10H,3-4H2,1-2H3;1-2H3. The van der Waals surface area contributed by atoms with Gasteiger partial charge in [0.25, 0.3) is 0 Å². The van der Waals surface area contributed by atoms with Gasteiger partial charge in [-0.3, -0.25) is 0 Å². The van der Waals surface area contributed by atoms with Crippen LogP contribution in [0.1, 0.15) is 44.7 Å². The number of rotatable bonds is 1. The molecule has 0 aromatic heterocycles. The molecule has 0 nitrogen and oxygen atoms in total. The first-order valence-electron chi connectivity index (χ1n) is 5.39. The summed E-state index contributed by atoms with van der Waals surface area (Å²) in [5.41, 5.74) is 2.42. The van der Waals surface area contributed by atoms with E-state index in [0.717, 1.165) is 18.4 Å². The van der Waals surface area contributed by atoms with Gasteiger partial charge in [-0.05, 0) is 25.0 Å². The van der Waals surface area contributed by atoms with Crippen molar-refractivity contribution in [1.29, 1.82) is 0 Å². The second-order valence-corrected chi connectivity index (χ2v) is 2.87. The Hall–Kier alpha value is -1.22. The number of unbranched alkanes of at least 4 members (excludes halogenated alkanes) is 1. The van der Waals surface area contributed by atoms with Crippen LogP contribution >= 0.6 is 0 Å². The van der Waals surface area contributed by atoms with Crippen LogP contribution in [-0.2, 0) is 0 Å². The maximum Gasteiger partial charge on any atom is 0.0274 e. The Balaban J connectivity index is 0.000000791. The molecule has 0 spiro atoms. The molecule has 0 saturated carbocycles. The number of hydrogen-bond acceptors (Lipinski definition) is 0. The minimum absolute atomic E-state index is 0.994. The molecule has 1 rings (SSSR count). The van der Waals surface area contributed by atoms with Gasteiger partial charge in [-0.2, -0.15) is 0 Å². The molecule has 0 unspecified atom stereocenters. The molecule has 0 saturated heterocycles. The van der Waals surface area contributed by atoms with Crippen LogP contribution in [0.15, 0.2) is 24.3 Å². The van der Waals surface area contributed by atoms with Crippen LogP contribution in [0.3, 0.4) is 0 Å². The normalized spacial score (nSPS) is 8.00. The van der Waals surface area contributed by atoms with Crippen molar-refractivity contribution in [2.45, 2.75) is 40.5 Å². The lowest BCUT2D eigenvalue weighted by atomic mass is 10.1. The first kappa shape index (κ1) is 12.8. The van der Waals surface area contributed by atoms with Crippen LogP contribution in [0.4, 0.5) is 0 Å². The molecule has 0 amide bonds. The molecule has 14 heavy (non-hydrogen) atoms. The summed E-state index contributed by atoms with van der Waals surface area (Å²) in [6.45, 7) is 8.24. The Labute approximate surface area is 88.4 Å². The molecule has 0 aliphatic carbocycles. The Kier molecular flexibility index (Phi) is 7.65. The van der Waals surface area contributed by atoms with E-state index in [-0.39, 0.29) is 0 Å². The molecule has 1 aromatic carbocycles. The molecule has 0 N–H and O–H groups in total. The highest BCUT2D eigenvalue weighted by atomic mass is 13.9. The zero-order chi connectivity index (χ0) is 10.8. The lowest BCUT2D eigenvalue weighted by Gasteiger charge is -1.94. The molecule has 0 bridgehead atoms. The predicted molar refractivity (Wildman–Crippen MR) is 64.3 cm³/mol. The summed E-state index contributed by atoms with van der Waals surface area (Å²) in [5, 5.41) is 0. The molecular weight excluding hydrogens is 168 g/mol. The summed E-state index contributed by atoms with van der Waals surface area (Å²) in [6.07, 6.45) is 2.13. The molecule has 76 valence electrons. The average molecular weight is 188 g/mol. The van der Waals surface area contributed by atoms with Crippen molar-refractivity contribution < 1.29 is 0 Å². The lowest BCUT2D eigenvalue weighted by Crippen LogP contribution is -1.79. The molecule has 0 aliphatic heterocycles. The first-order valence-corrected chi connectivity index (χ1v) is 5.39. The summed E-state index contributed by atoms with van der Waals surface area (Å²) < 4.78 is 0. The zero-order valence-corrected chi connectivity index (χ0v) is 9.72. The summed E-state index contributed by atoms with van der Waals surface area (Å²) in [6, 6.07) is 8.23. The molecule has 0 atom stereocenters. The van der Waals surface area contributed by atoms with Crippen LogP contribution in [0.25, 0.3) is 0 Å². The van der Waals surface area contributed by atoms with Crippen molar-refractivity contribution in [2.24, 2.45) is 0 Å². The van der Waals surface area contributed by atoms with E-state index in [4.69, 9.17) is 0 Å². The van der Waals surface area contributed by atoms with Gasteiger partial charge in [0.2, 0.25) is 0 Å². The van der Waals surface area contributed by atoms with Crippen molar-refractivity contribution in [3.8, 4) is 11.8 Å². The van der Waals surface area contributed by atoms with E-state index in [9.17, 15) is 0 Å². The Morgan fingerprint density at radius 3 is 2.36 bits per heavy atom. The van der Waals surface area contributed by atoms with Crippen molar-refractivity contribution in [2.75, 3.05) is 0 Å². The minimum atomic E-state index is 0.994. The van der Waals surface area contributed by atoms with Gasteiger partial charge in [0.05, 0.1) is 0 Å². The van der Waals surface area contributed by atoms with E-state index >= 15 is 0 Å². The first-order chi connectivity index (χ1) is 6.84. The van der Waals surface area contributed by atoms with Crippen LogP contribution in [0, 0.1) is 18.8 Å². The topological polar surface area (TPSA) is 0 Å². The summed E-state index contributed by atoms with van der Waals surface area (Å²) in [7, 11) is 0. The van der Waals surface area contributed by atoms with E-state index in [1.54, 1.807) is 0 Å². The fourth-order valence-corrected chi connectivity index (χ4v) is 0.996. The van der Waals surface area contributed by atoms with Gasteiger partial charge in [-0.1, -0.05) is 50.8 Å². The third-order valence-electron chi connectivity index (χ3n) is 1.74. The SMILES string of the molecule is CC.CCCC#Cc1ccccc1C. The fraction of sp³-hybridized carbons (Fsp3) is 0.429. The molecule has 0 aliphatic rings. The molecule has 0 fully saturated rings. The maximum atomic E-state index is 3.16. The highest BCUT2D eigenvalue weighted by Crippen LogP contribution is 2.04. The Morgan fingerprint density at radius 1 is 1.14 bits per heavy atom. The summed E-state index contributed by atoms with van der Waals surface area (Å²) in [5.74, 6) is 6.31. The number of benzene rings is 1. The van der Waals surface area contributed by atoms with Crippen molar-refractivity contribution in [3.05, 3.63) is 35.4 Å². The smallest absolute Gasteiger partial charge is 0.0274 e. The van der Waals surface area contributed by atoms with E-state index in [0.29, 0.717) is 0 Å². The van der Waals surface area contributed by atoms with Gasteiger partial charge >= 0.3 is 0 Å². The van der Waals surface area contributed by atoms with Crippen LogP contribution in [-0.4, -0.2) is 0 Å². The average Bonchev–Trinajstić information content (AvgIpc) is 2.24. The fourth-order valence-electron chi connectivity index (χ4n) is 0.996. The van der Waals surface area contributed by atoms with Crippen molar-refractivity contribution >= 4 is 0 Å². The van der Waals surface area contributed by atoms with Crippen LogP contribution < -0.4 is 0 Å². The summed E-state index contributed by atoms with van der Waals surface area (Å²) >= 11 is 0. The van der Waals surface area contributed by atoms with E-state index < -0.39 is 0 Å². The second kappa shape index (κ2) is 8.38. The largest absolute Gasteiger partial charge is 0.0979 e. The second-order valence-electron chi connectivity index (χ2n) is 2.87. The van der Waals surface area contributed by atoms with Crippen LogP contribution in [0.2, 0.25) is 0 Å². The van der Waals surface area contributed by atoms with E-state index in [2.05, 4.69) is 37.8 Å². The molecule has 0 heteroatoms. The van der Waals surface area contributed by atoms with Gasteiger partial charge in [-0.15, -0.1) is 0 Å². The Bertz CT molecular complexity index is 299. The van der Waals surface area contributed by atoms with Crippen LogP contribution in [0.5, 0.6) is 0 Å². The zero-order valence-electron chi connectivity index (χ0n) is 9.72. The van der Waals surface area contributed by atoms with E-state index in [1.807, 2.05) is 26.0 Å². The van der Waals surface area contributed by atoms with Gasteiger partial charge in [-0.25, -0.2) is 0 Å². The quantitative estimate of drug-likeness (QED) is 0.580. The monoisotopic (exact) mass is 188 g/mol. The number of aryl methyl sites for hydroxylation is 1. The highest BCUT2D eigenvalue weighted by Gasteiger charge is 1.88. The molecule has 0 radical (unpaired) electrons. The van der Waals surface area contributed by atoms with Crippen molar-refractivity contribution in [1.82, 2.24) is 0 Å². The molecule has 0 heterocycles. The van der Waals surface area contributed by atoms with Crippen molar-refractivity contribution in [3.63, 3.8) is 0 Å². The third-order valence-corrected chi connectivity index (χ3v) is 1.74. The maximum absolute atomic E-state index is 3.16. The van der Waals surface area contributed by atoms with E-state index in [1.165, 1.54) is 5.56 Å². The minimum Gasteiger partial charge on any atom is -0.0979 e. The highest BCUT2D eigenvalue weighted by molar-refractivity contribution is 5.40. The summed E-state index contributed by atoms with van der Waals surface area (Å²) in [4.78, 5) is 0. The number of hydrogen-bond donors (Lipinski definition) is 0. The van der Waals surface area contributed by atoms with Gasteiger partial charge in [0.1, 0.15) is 0 Å². The van der Waals surface area contributed by atoms with Gasteiger partial charge < -0.3 is 0 Å². The molecule has 1 aromatic rings. The lowest BCUT2D eigenvalue weighted by molar-refractivity contribution is 0.983. The third kappa shape index (κ3) is 4.72. The predicted octanol–water partition coefficient (Wildman–Crippen LogP) is 4.17. The van der Waals surface area contributed by atoms with Gasteiger partial charge in [0, 0.05) is 12.0 Å². The van der Waals surface area contributed by atoms with Gasteiger partial charge in [0.15, 0.2) is 0 Å². The Morgan fingerprint density at radius 2 is 1.79 bits per heavy atom.